The van der Waals surface area contributed by atoms with Crippen molar-refractivity contribution in [3.63, 3.8) is 0 Å². The second-order valence-corrected chi connectivity index (χ2v) is 10.6. The molecule has 1 aromatic rings. The molecule has 0 aliphatic heterocycles. The highest BCUT2D eigenvalue weighted by Gasteiger charge is 2.13. The molecule has 0 bridgehead atoms. The Bertz CT molecular complexity index is 348. The van der Waals surface area contributed by atoms with Gasteiger partial charge in [-0.15, -0.1) is 12.2 Å². The predicted molar refractivity (Wildman–Crippen MR) is 75.4 cm³/mol. The van der Waals surface area contributed by atoms with Crippen LogP contribution in [0.4, 0.5) is 0 Å². The van der Waals surface area contributed by atoms with Gasteiger partial charge in [0, 0.05) is 18.0 Å². The number of hydrogen-bond donors (Lipinski definition) is 1. The first-order valence-corrected chi connectivity index (χ1v) is 9.17. The van der Waals surface area contributed by atoms with Crippen LogP contribution in [0.15, 0.2) is 24.3 Å². The van der Waals surface area contributed by atoms with Crippen LogP contribution in [0, 0.1) is 6.92 Å². The fraction of sp³-hybridized carbons (Fsp3) is 0.455. The molecule has 1 atom stereocenters. The third kappa shape index (κ3) is 4.28. The molecule has 0 radical (unpaired) electrons. The summed E-state index contributed by atoms with van der Waals surface area (Å²) in [6.45, 7) is 5.53. The Labute approximate surface area is 102 Å². The summed E-state index contributed by atoms with van der Waals surface area (Å²) in [4.78, 5) is 0. The van der Waals surface area contributed by atoms with Crippen molar-refractivity contribution in [2.24, 2.45) is 0 Å². The highest BCUT2D eigenvalue weighted by atomic mass is 32.9. The van der Waals surface area contributed by atoms with Gasteiger partial charge in [0.05, 0.1) is 6.61 Å². The van der Waals surface area contributed by atoms with E-state index in [0.717, 1.165) is 12.8 Å². The summed E-state index contributed by atoms with van der Waals surface area (Å²) < 4.78 is 5.33. The van der Waals surface area contributed by atoms with Gasteiger partial charge in [-0.3, -0.25) is 0 Å². The maximum absolute atomic E-state index is 5.56. The second kappa shape index (κ2) is 6.05. The molecule has 0 amide bonds. The Morgan fingerprint density at radius 2 is 1.93 bits per heavy atom. The van der Waals surface area contributed by atoms with E-state index in [1.807, 2.05) is 6.92 Å². The molecule has 0 fully saturated rings. The molecule has 1 rings (SSSR count). The molecule has 0 aromatic heterocycles. The molecule has 1 aromatic carbocycles. The summed E-state index contributed by atoms with van der Waals surface area (Å²) in [6.07, 6.45) is 0.863. The zero-order valence-corrected chi connectivity index (χ0v) is 11.7. The number of benzene rings is 1. The van der Waals surface area contributed by atoms with E-state index in [9.17, 15) is 0 Å². The van der Waals surface area contributed by atoms with Crippen LogP contribution in [0.3, 0.4) is 0 Å². The lowest BCUT2D eigenvalue weighted by Crippen LogP contribution is -2.07. The molecule has 0 heterocycles. The van der Waals surface area contributed by atoms with E-state index in [-0.39, 0.29) is 0 Å². The molecule has 0 saturated carbocycles. The van der Waals surface area contributed by atoms with Crippen molar-refractivity contribution >= 4 is 34.6 Å². The first kappa shape index (κ1) is 13.2. The molecule has 4 heteroatoms. The van der Waals surface area contributed by atoms with Crippen LogP contribution in [0.5, 0.6) is 0 Å². The van der Waals surface area contributed by atoms with Gasteiger partial charge in [-0.25, -0.2) is 0 Å². The summed E-state index contributed by atoms with van der Waals surface area (Å²) in [5.74, 6) is 0. The molecule has 0 N–H and O–H groups in total. The summed E-state index contributed by atoms with van der Waals surface area (Å²) >= 11 is 10.2. The standard InChI is InChI=1S/C11H17OPS2/c1-3-12-8-9-13(14,15)11-6-4-10(2)5-7-11/h4-7H,3,8-9H2,1-2H3,(H,14,15). The van der Waals surface area contributed by atoms with Gasteiger partial charge in [0.1, 0.15) is 0 Å². The number of ether oxygens (including phenoxy) is 1. The summed E-state index contributed by atoms with van der Waals surface area (Å²) in [5.41, 5.74) is 1.26. The van der Waals surface area contributed by atoms with Crippen molar-refractivity contribution in [2.45, 2.75) is 13.8 Å². The quantitative estimate of drug-likeness (QED) is 0.495. The van der Waals surface area contributed by atoms with Crippen LogP contribution >= 0.6 is 17.5 Å². The third-order valence-electron chi connectivity index (χ3n) is 2.18. The van der Waals surface area contributed by atoms with Gasteiger partial charge in [-0.1, -0.05) is 41.6 Å². The summed E-state index contributed by atoms with van der Waals surface area (Å²) in [5, 5.41) is -0.505. The first-order chi connectivity index (χ1) is 7.06. The Kier molecular flexibility index (Phi) is 5.34. The van der Waals surface area contributed by atoms with Crippen molar-refractivity contribution in [1.82, 2.24) is 0 Å². The fourth-order valence-corrected chi connectivity index (χ4v) is 3.72. The normalized spacial score (nSPS) is 14.9. The van der Waals surface area contributed by atoms with E-state index in [0.29, 0.717) is 6.61 Å². The largest absolute Gasteiger partial charge is 0.381 e. The Balaban J connectivity index is 2.68. The minimum atomic E-state index is -1.69. The van der Waals surface area contributed by atoms with Gasteiger partial charge in [-0.05, 0) is 19.2 Å². The number of rotatable bonds is 5. The van der Waals surface area contributed by atoms with Crippen LogP contribution < -0.4 is 5.30 Å². The Morgan fingerprint density at radius 3 is 2.47 bits per heavy atom. The van der Waals surface area contributed by atoms with E-state index in [4.69, 9.17) is 16.5 Å². The Hall–Kier alpha value is 0.180. The van der Waals surface area contributed by atoms with Crippen LogP contribution in [0.1, 0.15) is 12.5 Å². The van der Waals surface area contributed by atoms with Crippen LogP contribution in [-0.2, 0) is 16.5 Å². The molecular weight excluding hydrogens is 243 g/mol. The highest BCUT2D eigenvalue weighted by molar-refractivity contribution is 8.65. The van der Waals surface area contributed by atoms with E-state index in [1.54, 1.807) is 0 Å². The predicted octanol–water partition coefficient (Wildman–Crippen LogP) is 2.98. The third-order valence-corrected chi connectivity index (χ3v) is 6.55. The van der Waals surface area contributed by atoms with Crippen LogP contribution in [0.25, 0.3) is 0 Å². The lowest BCUT2D eigenvalue weighted by atomic mass is 10.2. The number of hydrogen-bond acceptors (Lipinski definition) is 2. The van der Waals surface area contributed by atoms with Gasteiger partial charge in [-0.2, -0.15) is 0 Å². The lowest BCUT2D eigenvalue weighted by molar-refractivity contribution is 0.164. The molecular formula is C11H17OPS2. The minimum Gasteiger partial charge on any atom is -0.381 e. The minimum absolute atomic E-state index is 0.713. The zero-order chi connectivity index (χ0) is 11.3. The van der Waals surface area contributed by atoms with Gasteiger partial charge < -0.3 is 4.74 Å². The fourth-order valence-electron chi connectivity index (χ4n) is 1.24. The highest BCUT2D eigenvalue weighted by Crippen LogP contribution is 2.49. The number of thiol groups is 1. The maximum Gasteiger partial charge on any atom is 0.0522 e. The van der Waals surface area contributed by atoms with Crippen molar-refractivity contribution in [3.8, 4) is 0 Å². The van der Waals surface area contributed by atoms with Crippen molar-refractivity contribution in [3.05, 3.63) is 29.8 Å². The van der Waals surface area contributed by atoms with E-state index < -0.39 is 5.24 Å². The monoisotopic (exact) mass is 260 g/mol. The summed E-state index contributed by atoms with van der Waals surface area (Å²) in [6, 6.07) is 8.37. The lowest BCUT2D eigenvalue weighted by Gasteiger charge is -2.16. The van der Waals surface area contributed by atoms with Gasteiger partial charge in [0.15, 0.2) is 0 Å². The molecule has 0 aliphatic rings. The molecule has 0 aliphatic carbocycles. The smallest absolute Gasteiger partial charge is 0.0522 e. The topological polar surface area (TPSA) is 9.23 Å². The molecule has 1 nitrogen and oxygen atoms in total. The maximum atomic E-state index is 5.56. The zero-order valence-electron chi connectivity index (χ0n) is 9.14. The average Bonchev–Trinajstić information content (AvgIpc) is 2.18. The number of aryl methyl sites for hydroxylation is 1. The molecule has 0 spiro atoms. The van der Waals surface area contributed by atoms with Crippen LogP contribution in [-0.4, -0.2) is 19.4 Å². The van der Waals surface area contributed by atoms with Gasteiger partial charge in [0.25, 0.3) is 0 Å². The Morgan fingerprint density at radius 1 is 1.33 bits per heavy atom. The SMILES string of the molecule is CCOCCP(=S)(S)c1ccc(C)cc1. The van der Waals surface area contributed by atoms with Crippen LogP contribution in [0.2, 0.25) is 0 Å². The molecule has 0 saturated heterocycles. The van der Waals surface area contributed by atoms with Crippen molar-refractivity contribution in [1.29, 1.82) is 0 Å². The van der Waals surface area contributed by atoms with E-state index >= 15 is 0 Å². The second-order valence-electron chi connectivity index (χ2n) is 3.46. The van der Waals surface area contributed by atoms with E-state index in [1.165, 1.54) is 10.9 Å². The molecule has 1 unspecified atom stereocenters. The average molecular weight is 260 g/mol. The first-order valence-electron chi connectivity index (χ1n) is 5.03. The van der Waals surface area contributed by atoms with Gasteiger partial charge >= 0.3 is 0 Å². The molecule has 84 valence electrons. The summed E-state index contributed by atoms with van der Waals surface area (Å²) in [7, 11) is 0. The van der Waals surface area contributed by atoms with Gasteiger partial charge in [0.2, 0.25) is 0 Å². The van der Waals surface area contributed by atoms with E-state index in [2.05, 4.69) is 43.4 Å². The molecule has 15 heavy (non-hydrogen) atoms. The van der Waals surface area contributed by atoms with Crippen molar-refractivity contribution in [2.75, 3.05) is 19.4 Å². The van der Waals surface area contributed by atoms with Crippen molar-refractivity contribution < 1.29 is 4.74 Å².